The van der Waals surface area contributed by atoms with Gasteiger partial charge in [-0.05, 0) is 19.4 Å². The Morgan fingerprint density at radius 3 is 2.63 bits per heavy atom. The summed E-state index contributed by atoms with van der Waals surface area (Å²) in [5.41, 5.74) is 0. The zero-order valence-electron chi connectivity index (χ0n) is 9.81. The molecule has 0 bridgehead atoms. The highest BCUT2D eigenvalue weighted by Crippen LogP contribution is 2.52. The van der Waals surface area contributed by atoms with Crippen LogP contribution in [0, 0.1) is 12.8 Å². The number of alkyl halides is 2. The Labute approximate surface area is 124 Å². The first-order valence-electron chi connectivity index (χ1n) is 5.35. The number of sulfonamides is 1. The van der Waals surface area contributed by atoms with Crippen LogP contribution in [0.4, 0.5) is 0 Å². The van der Waals surface area contributed by atoms with E-state index in [-0.39, 0.29) is 22.2 Å². The predicted molar refractivity (Wildman–Crippen MR) is 73.7 cm³/mol. The highest BCUT2D eigenvalue weighted by Gasteiger charge is 2.51. The third-order valence-corrected chi connectivity index (χ3v) is 6.49. The van der Waals surface area contributed by atoms with Crippen molar-refractivity contribution < 1.29 is 18.3 Å². The number of hydrogen-bond donors (Lipinski definition) is 2. The fourth-order valence-corrected chi connectivity index (χ4v) is 4.65. The Balaban J connectivity index is 2.13. The molecule has 0 saturated heterocycles. The molecule has 1 atom stereocenters. The smallest absolute Gasteiger partial charge is 0.345 e. The molecule has 1 aromatic rings. The first-order chi connectivity index (χ1) is 8.63. The van der Waals surface area contributed by atoms with Crippen LogP contribution in [0.15, 0.2) is 11.0 Å². The van der Waals surface area contributed by atoms with Gasteiger partial charge < -0.3 is 5.11 Å². The number of carboxylic acid groups (broad SMARTS) is 1. The first-order valence-corrected chi connectivity index (χ1v) is 8.40. The Kier molecular flexibility index (Phi) is 3.88. The van der Waals surface area contributed by atoms with Gasteiger partial charge in [-0.1, -0.05) is 0 Å². The van der Waals surface area contributed by atoms with Gasteiger partial charge in [0.25, 0.3) is 0 Å². The molecule has 1 aliphatic rings. The van der Waals surface area contributed by atoms with E-state index in [0.717, 1.165) is 17.4 Å². The normalized spacial score (nSPS) is 21.3. The summed E-state index contributed by atoms with van der Waals surface area (Å²) in [6, 6.07) is 1.16. The summed E-state index contributed by atoms with van der Waals surface area (Å²) in [5.74, 6) is -1.25. The fraction of sp³-hybridized carbons (Fsp3) is 0.500. The largest absolute Gasteiger partial charge is 0.477 e. The van der Waals surface area contributed by atoms with Crippen molar-refractivity contribution in [2.75, 3.05) is 6.54 Å². The van der Waals surface area contributed by atoms with Crippen molar-refractivity contribution in [3.63, 3.8) is 0 Å². The summed E-state index contributed by atoms with van der Waals surface area (Å²) >= 11 is 12.6. The monoisotopic (exact) mass is 343 g/mol. The van der Waals surface area contributed by atoms with E-state index in [2.05, 4.69) is 4.72 Å². The summed E-state index contributed by atoms with van der Waals surface area (Å²) in [4.78, 5) is 11.2. The molecular weight excluding hydrogens is 333 g/mol. The predicted octanol–water partition coefficient (Wildman–Crippen LogP) is 2.23. The van der Waals surface area contributed by atoms with Gasteiger partial charge in [-0.3, -0.25) is 0 Å². The Morgan fingerprint density at radius 1 is 1.63 bits per heavy atom. The van der Waals surface area contributed by atoms with E-state index < -0.39 is 20.3 Å². The average Bonchev–Trinajstić information content (AvgIpc) is 2.69. The molecule has 1 fully saturated rings. The van der Waals surface area contributed by atoms with Crippen LogP contribution >= 0.6 is 34.5 Å². The average molecular weight is 344 g/mol. The van der Waals surface area contributed by atoms with Gasteiger partial charge >= 0.3 is 5.97 Å². The molecule has 5 nitrogen and oxygen atoms in total. The molecule has 2 rings (SSSR count). The molecule has 2 N–H and O–H groups in total. The summed E-state index contributed by atoms with van der Waals surface area (Å²) in [5, 5.41) is 8.85. The zero-order chi connectivity index (χ0) is 14.4. The maximum Gasteiger partial charge on any atom is 0.345 e. The third-order valence-electron chi connectivity index (χ3n) is 2.85. The molecule has 0 spiro atoms. The van der Waals surface area contributed by atoms with Gasteiger partial charge in [-0.2, -0.15) is 0 Å². The topological polar surface area (TPSA) is 83.5 Å². The van der Waals surface area contributed by atoms with E-state index in [1.165, 1.54) is 0 Å². The van der Waals surface area contributed by atoms with E-state index in [1.807, 2.05) is 0 Å². The zero-order valence-corrected chi connectivity index (χ0v) is 13.0. The molecule has 0 amide bonds. The van der Waals surface area contributed by atoms with Gasteiger partial charge in [-0.25, -0.2) is 17.9 Å². The Morgan fingerprint density at radius 2 is 2.21 bits per heavy atom. The van der Waals surface area contributed by atoms with Crippen LogP contribution < -0.4 is 4.72 Å². The quantitative estimate of drug-likeness (QED) is 0.803. The van der Waals surface area contributed by atoms with Crippen LogP contribution in [0.25, 0.3) is 0 Å². The van der Waals surface area contributed by atoms with Crippen molar-refractivity contribution in [2.24, 2.45) is 5.92 Å². The molecule has 1 saturated carbocycles. The van der Waals surface area contributed by atoms with Crippen molar-refractivity contribution in [2.45, 2.75) is 22.6 Å². The van der Waals surface area contributed by atoms with Crippen molar-refractivity contribution in [3.05, 3.63) is 15.8 Å². The highest BCUT2D eigenvalue weighted by atomic mass is 35.5. The number of carboxylic acids is 1. The Hall–Kier alpha value is -0.340. The first kappa shape index (κ1) is 15.1. The maximum absolute atomic E-state index is 12.0. The van der Waals surface area contributed by atoms with Gasteiger partial charge in [0, 0.05) is 17.3 Å². The lowest BCUT2D eigenvalue weighted by Gasteiger charge is -2.05. The minimum Gasteiger partial charge on any atom is -0.477 e. The van der Waals surface area contributed by atoms with Crippen LogP contribution in [0.1, 0.15) is 21.0 Å². The summed E-state index contributed by atoms with van der Waals surface area (Å²) in [6.45, 7) is 1.71. The maximum atomic E-state index is 12.0. The van der Waals surface area contributed by atoms with Crippen molar-refractivity contribution >= 4 is 50.5 Å². The van der Waals surface area contributed by atoms with E-state index in [9.17, 15) is 13.2 Å². The van der Waals surface area contributed by atoms with E-state index >= 15 is 0 Å². The van der Waals surface area contributed by atoms with Crippen LogP contribution in [0.3, 0.4) is 0 Å². The second-order valence-electron chi connectivity index (χ2n) is 4.35. The number of aromatic carboxylic acids is 1. The molecule has 0 radical (unpaired) electrons. The van der Waals surface area contributed by atoms with E-state index in [4.69, 9.17) is 28.3 Å². The molecule has 106 valence electrons. The van der Waals surface area contributed by atoms with Crippen molar-refractivity contribution in [1.82, 2.24) is 4.72 Å². The highest BCUT2D eigenvalue weighted by molar-refractivity contribution is 7.89. The minimum atomic E-state index is -3.73. The number of hydrogen-bond acceptors (Lipinski definition) is 4. The minimum absolute atomic E-state index is 0.00618. The molecule has 1 heterocycles. The van der Waals surface area contributed by atoms with E-state index in [1.54, 1.807) is 6.92 Å². The standard InChI is InChI=1S/C10H11Cl2NO4S2/c1-5-8(2-7(18-5)9(14)15)19(16,17)13-4-6-3-10(6,11)12/h2,6,13H,3-4H2,1H3,(H,14,15). The Bertz CT molecular complexity index is 623. The third kappa shape index (κ3) is 3.22. The lowest BCUT2D eigenvalue weighted by Crippen LogP contribution is -2.27. The second-order valence-corrected chi connectivity index (χ2v) is 8.88. The second kappa shape index (κ2) is 4.89. The number of carbonyl (C=O) groups is 1. The molecule has 0 aromatic carbocycles. The van der Waals surface area contributed by atoms with Gasteiger partial charge in [0.05, 0.1) is 4.90 Å². The molecule has 0 aliphatic heterocycles. The molecule has 1 unspecified atom stereocenters. The number of nitrogens with one attached hydrogen (secondary N) is 1. The fourth-order valence-electron chi connectivity index (χ4n) is 1.62. The van der Waals surface area contributed by atoms with Crippen LogP contribution in [-0.2, 0) is 10.0 Å². The van der Waals surface area contributed by atoms with Crippen molar-refractivity contribution in [1.29, 1.82) is 0 Å². The molecular formula is C10H11Cl2NO4S2. The van der Waals surface area contributed by atoms with Gasteiger partial charge in [0.1, 0.15) is 9.21 Å². The number of rotatable bonds is 5. The molecule has 1 aromatic heterocycles. The van der Waals surface area contributed by atoms with E-state index in [0.29, 0.717) is 11.3 Å². The number of thiophene rings is 1. The summed E-state index contributed by atoms with van der Waals surface area (Å²) < 4.78 is 25.7. The summed E-state index contributed by atoms with van der Waals surface area (Å²) in [6.07, 6.45) is 0.543. The molecule has 19 heavy (non-hydrogen) atoms. The molecule has 1 aliphatic carbocycles. The van der Waals surface area contributed by atoms with Crippen LogP contribution in [0.5, 0.6) is 0 Å². The number of aryl methyl sites for hydroxylation is 1. The SMILES string of the molecule is Cc1sc(C(=O)O)cc1S(=O)(=O)NCC1CC1(Cl)Cl. The van der Waals surface area contributed by atoms with Crippen molar-refractivity contribution in [3.8, 4) is 0 Å². The van der Waals surface area contributed by atoms with Crippen LogP contribution in [0.2, 0.25) is 0 Å². The molecule has 9 heteroatoms. The number of halogens is 2. The van der Waals surface area contributed by atoms with Gasteiger partial charge in [0.2, 0.25) is 10.0 Å². The van der Waals surface area contributed by atoms with Crippen LogP contribution in [-0.4, -0.2) is 30.4 Å². The van der Waals surface area contributed by atoms with Gasteiger partial charge in [0.15, 0.2) is 0 Å². The lowest BCUT2D eigenvalue weighted by atomic mass is 10.4. The lowest BCUT2D eigenvalue weighted by molar-refractivity contribution is 0.0702. The summed E-state index contributed by atoms with van der Waals surface area (Å²) in [7, 11) is -3.73. The van der Waals surface area contributed by atoms with Gasteiger partial charge in [-0.15, -0.1) is 34.5 Å².